The van der Waals surface area contributed by atoms with Gasteiger partial charge in [-0.15, -0.1) is 0 Å². The molecule has 3 rings (SSSR count). The van der Waals surface area contributed by atoms with Crippen LogP contribution >= 0.6 is 15.9 Å². The second-order valence-corrected chi connectivity index (χ2v) is 6.90. The number of benzene rings is 2. The first-order valence-electron chi connectivity index (χ1n) is 8.10. The molecule has 1 heteroatoms. The van der Waals surface area contributed by atoms with E-state index in [9.17, 15) is 0 Å². The van der Waals surface area contributed by atoms with Crippen LogP contribution < -0.4 is 0 Å². The highest BCUT2D eigenvalue weighted by molar-refractivity contribution is 9.09. The highest BCUT2D eigenvalue weighted by atomic mass is 79.9. The van der Waals surface area contributed by atoms with Crippen molar-refractivity contribution in [3.8, 4) is 0 Å². The summed E-state index contributed by atoms with van der Waals surface area (Å²) in [6, 6.07) is 14.0. The summed E-state index contributed by atoms with van der Waals surface area (Å²) in [4.78, 5) is 0.305. The standard InChI is InChI=1S/C20H23Br/c1-3-14-8-10-18(12-15(14)4-2)20(21)19-11-9-16-6-5-7-17(16)13-19/h8-13,20H,3-7H2,1-2H3. The number of hydrogen-bond donors (Lipinski definition) is 0. The minimum atomic E-state index is 0.305. The van der Waals surface area contributed by atoms with Gasteiger partial charge in [-0.1, -0.05) is 66.2 Å². The Hall–Kier alpha value is -1.08. The maximum absolute atomic E-state index is 3.91. The Morgan fingerprint density at radius 1 is 0.857 bits per heavy atom. The van der Waals surface area contributed by atoms with Crippen LogP contribution in [0.3, 0.4) is 0 Å². The number of fused-ring (bicyclic) bond motifs is 1. The van der Waals surface area contributed by atoms with E-state index in [0.29, 0.717) is 4.83 Å². The number of rotatable bonds is 4. The average Bonchev–Trinajstić information content (AvgIpc) is 3.00. The van der Waals surface area contributed by atoms with Gasteiger partial charge < -0.3 is 0 Å². The monoisotopic (exact) mass is 342 g/mol. The molecule has 0 bridgehead atoms. The first-order valence-corrected chi connectivity index (χ1v) is 9.02. The lowest BCUT2D eigenvalue weighted by Crippen LogP contribution is -1.98. The Morgan fingerprint density at radius 3 is 2.29 bits per heavy atom. The van der Waals surface area contributed by atoms with Gasteiger partial charge in [0.05, 0.1) is 4.83 Å². The van der Waals surface area contributed by atoms with Crippen LogP contribution in [0.2, 0.25) is 0 Å². The first kappa shape index (κ1) is 14.8. The van der Waals surface area contributed by atoms with Crippen LogP contribution in [0.25, 0.3) is 0 Å². The van der Waals surface area contributed by atoms with Crippen LogP contribution in [-0.2, 0) is 25.7 Å². The Balaban J connectivity index is 1.93. The zero-order valence-corrected chi connectivity index (χ0v) is 14.5. The minimum Gasteiger partial charge on any atom is -0.0786 e. The lowest BCUT2D eigenvalue weighted by atomic mass is 9.95. The molecule has 1 atom stereocenters. The molecule has 0 aliphatic heterocycles. The third-order valence-corrected chi connectivity index (χ3v) is 5.76. The molecule has 2 aromatic carbocycles. The fourth-order valence-corrected chi connectivity index (χ4v) is 3.99. The van der Waals surface area contributed by atoms with E-state index in [1.54, 1.807) is 11.1 Å². The molecule has 1 aliphatic rings. The lowest BCUT2D eigenvalue weighted by molar-refractivity contribution is 0.911. The van der Waals surface area contributed by atoms with E-state index in [1.807, 2.05) is 0 Å². The molecule has 0 amide bonds. The molecule has 0 spiro atoms. The number of halogens is 1. The predicted octanol–water partition coefficient (Wildman–Crippen LogP) is 5.78. The van der Waals surface area contributed by atoms with Gasteiger partial charge >= 0.3 is 0 Å². The van der Waals surface area contributed by atoms with E-state index in [0.717, 1.165) is 12.8 Å². The van der Waals surface area contributed by atoms with Gasteiger partial charge in [0.25, 0.3) is 0 Å². The molecule has 0 nitrogen and oxygen atoms in total. The maximum atomic E-state index is 3.91. The van der Waals surface area contributed by atoms with Crippen molar-refractivity contribution < 1.29 is 0 Å². The Morgan fingerprint density at radius 2 is 1.52 bits per heavy atom. The number of alkyl halides is 1. The van der Waals surface area contributed by atoms with E-state index in [-0.39, 0.29) is 0 Å². The SMILES string of the molecule is CCc1ccc(C(Br)c2ccc3c(c2)CCC3)cc1CC. The van der Waals surface area contributed by atoms with Crippen molar-refractivity contribution in [3.05, 3.63) is 69.8 Å². The van der Waals surface area contributed by atoms with Crippen molar-refractivity contribution in [3.63, 3.8) is 0 Å². The normalized spacial score (nSPS) is 15.0. The first-order chi connectivity index (χ1) is 10.2. The van der Waals surface area contributed by atoms with E-state index in [1.165, 1.54) is 41.5 Å². The molecule has 0 saturated heterocycles. The van der Waals surface area contributed by atoms with Gasteiger partial charge in [-0.2, -0.15) is 0 Å². The Bertz CT molecular complexity index is 642. The topological polar surface area (TPSA) is 0 Å². The zero-order valence-electron chi connectivity index (χ0n) is 13.0. The molecule has 1 aliphatic carbocycles. The summed E-state index contributed by atoms with van der Waals surface area (Å²) in [6.07, 6.45) is 6.05. The summed E-state index contributed by atoms with van der Waals surface area (Å²) in [5.74, 6) is 0. The van der Waals surface area contributed by atoms with E-state index in [2.05, 4.69) is 66.2 Å². The van der Waals surface area contributed by atoms with Crippen LogP contribution in [0.15, 0.2) is 36.4 Å². The fraction of sp³-hybridized carbons (Fsp3) is 0.400. The molecule has 0 N–H and O–H groups in total. The van der Waals surface area contributed by atoms with Crippen molar-refractivity contribution in [2.45, 2.75) is 50.8 Å². The number of aryl methyl sites for hydroxylation is 4. The van der Waals surface area contributed by atoms with Crippen LogP contribution in [0, 0.1) is 0 Å². The van der Waals surface area contributed by atoms with Gasteiger partial charge in [-0.05, 0) is 65.5 Å². The lowest BCUT2D eigenvalue weighted by Gasteiger charge is -2.15. The summed E-state index contributed by atoms with van der Waals surface area (Å²) >= 11 is 3.91. The minimum absolute atomic E-state index is 0.305. The predicted molar refractivity (Wildman–Crippen MR) is 94.4 cm³/mol. The van der Waals surface area contributed by atoms with Crippen molar-refractivity contribution in [2.75, 3.05) is 0 Å². The van der Waals surface area contributed by atoms with E-state index >= 15 is 0 Å². The molecule has 0 saturated carbocycles. The Labute approximate surface area is 136 Å². The molecular weight excluding hydrogens is 320 g/mol. The summed E-state index contributed by atoms with van der Waals surface area (Å²) in [7, 11) is 0. The fourth-order valence-electron chi connectivity index (χ4n) is 3.42. The van der Waals surface area contributed by atoms with Gasteiger partial charge in [0.1, 0.15) is 0 Å². The Kier molecular flexibility index (Phi) is 4.49. The smallest absolute Gasteiger partial charge is 0.0644 e. The van der Waals surface area contributed by atoms with Gasteiger partial charge in [0.2, 0.25) is 0 Å². The van der Waals surface area contributed by atoms with Crippen molar-refractivity contribution in [1.29, 1.82) is 0 Å². The highest BCUT2D eigenvalue weighted by Crippen LogP contribution is 2.34. The van der Waals surface area contributed by atoms with Crippen LogP contribution in [0.5, 0.6) is 0 Å². The van der Waals surface area contributed by atoms with E-state index < -0.39 is 0 Å². The van der Waals surface area contributed by atoms with Gasteiger partial charge in [0, 0.05) is 0 Å². The van der Waals surface area contributed by atoms with Crippen molar-refractivity contribution >= 4 is 15.9 Å². The molecule has 0 aromatic heterocycles. The van der Waals surface area contributed by atoms with Crippen LogP contribution in [0.4, 0.5) is 0 Å². The van der Waals surface area contributed by atoms with Gasteiger partial charge in [-0.25, -0.2) is 0 Å². The third-order valence-electron chi connectivity index (χ3n) is 4.70. The molecule has 0 heterocycles. The zero-order chi connectivity index (χ0) is 14.8. The second-order valence-electron chi connectivity index (χ2n) is 5.98. The molecule has 110 valence electrons. The van der Waals surface area contributed by atoms with Crippen LogP contribution in [-0.4, -0.2) is 0 Å². The summed E-state index contributed by atoms with van der Waals surface area (Å²) < 4.78 is 0. The largest absolute Gasteiger partial charge is 0.0786 e. The molecule has 2 aromatic rings. The maximum Gasteiger partial charge on any atom is 0.0644 e. The van der Waals surface area contributed by atoms with E-state index in [4.69, 9.17) is 0 Å². The molecular formula is C20H23Br. The summed E-state index contributed by atoms with van der Waals surface area (Å²) in [6.45, 7) is 4.48. The number of hydrogen-bond acceptors (Lipinski definition) is 0. The molecule has 21 heavy (non-hydrogen) atoms. The van der Waals surface area contributed by atoms with Gasteiger partial charge in [0.15, 0.2) is 0 Å². The van der Waals surface area contributed by atoms with Crippen molar-refractivity contribution in [1.82, 2.24) is 0 Å². The molecule has 0 fully saturated rings. The van der Waals surface area contributed by atoms with Crippen LogP contribution in [0.1, 0.15) is 58.5 Å². The summed E-state index contributed by atoms with van der Waals surface area (Å²) in [5, 5.41) is 0. The highest BCUT2D eigenvalue weighted by Gasteiger charge is 2.16. The van der Waals surface area contributed by atoms with Crippen molar-refractivity contribution in [2.24, 2.45) is 0 Å². The second kappa shape index (κ2) is 6.36. The molecule has 1 unspecified atom stereocenters. The van der Waals surface area contributed by atoms with Gasteiger partial charge in [-0.3, -0.25) is 0 Å². The third kappa shape index (κ3) is 2.94. The molecule has 0 radical (unpaired) electrons. The quantitative estimate of drug-likeness (QED) is 0.617. The average molecular weight is 343 g/mol. The summed E-state index contributed by atoms with van der Waals surface area (Å²) in [5.41, 5.74) is 8.84.